The van der Waals surface area contributed by atoms with Gasteiger partial charge in [-0.15, -0.1) is 22.9 Å². The van der Waals surface area contributed by atoms with Crippen LogP contribution >= 0.6 is 22.9 Å². The molecule has 0 spiro atoms. The van der Waals surface area contributed by atoms with Crippen molar-refractivity contribution >= 4 is 34.8 Å². The Morgan fingerprint density at radius 1 is 1.23 bits per heavy atom. The Morgan fingerprint density at radius 3 is 2.65 bits per heavy atom. The predicted octanol–water partition coefficient (Wildman–Crippen LogP) is 2.29. The summed E-state index contributed by atoms with van der Waals surface area (Å²) in [6.07, 6.45) is 2.56. The van der Waals surface area contributed by atoms with Gasteiger partial charge in [-0.1, -0.05) is 0 Å². The van der Waals surface area contributed by atoms with E-state index in [0.29, 0.717) is 57.3 Å². The van der Waals surface area contributed by atoms with Gasteiger partial charge in [0.05, 0.1) is 6.54 Å². The molecule has 0 aliphatic carbocycles. The molecule has 0 unspecified atom stereocenters. The zero-order valence-electron chi connectivity index (χ0n) is 15.5. The third-order valence-electron chi connectivity index (χ3n) is 3.57. The van der Waals surface area contributed by atoms with Gasteiger partial charge in [-0.2, -0.15) is 0 Å². The number of methoxy groups -OCH3 is 2. The van der Waals surface area contributed by atoms with Crippen molar-refractivity contribution in [3.63, 3.8) is 0 Å². The molecule has 1 aromatic rings. The number of nitrogens with one attached hydrogen (secondary N) is 1. The molecule has 1 heterocycles. The Morgan fingerprint density at radius 2 is 1.96 bits per heavy atom. The van der Waals surface area contributed by atoms with E-state index in [-0.39, 0.29) is 11.8 Å². The molecule has 1 N–H and O–H groups in total. The van der Waals surface area contributed by atoms with Crippen molar-refractivity contribution in [2.24, 2.45) is 0 Å². The van der Waals surface area contributed by atoms with E-state index in [4.69, 9.17) is 21.1 Å². The fourth-order valence-electron chi connectivity index (χ4n) is 2.23. The monoisotopic (exact) mass is 405 g/mol. The molecule has 0 aromatic carbocycles. The molecule has 0 saturated heterocycles. The number of carbonyl (C=O) groups excluding carboxylic acids is 2. The lowest BCUT2D eigenvalue weighted by molar-refractivity contribution is -0.132. The Hall–Kier alpha value is -1.22. The number of aromatic nitrogens is 1. The second-order valence-corrected chi connectivity index (χ2v) is 7.00. The highest BCUT2D eigenvalue weighted by atomic mass is 35.5. The van der Waals surface area contributed by atoms with Crippen molar-refractivity contribution in [3.05, 3.63) is 16.1 Å². The van der Waals surface area contributed by atoms with Gasteiger partial charge >= 0.3 is 0 Å². The Bertz CT molecular complexity index is 542. The van der Waals surface area contributed by atoms with Crippen LogP contribution in [0.5, 0.6) is 0 Å². The Labute approximate surface area is 164 Å². The number of amides is 2. The summed E-state index contributed by atoms with van der Waals surface area (Å²) in [6.45, 7) is 2.72. The van der Waals surface area contributed by atoms with Crippen molar-refractivity contribution in [3.8, 4) is 0 Å². The molecular formula is C17H28ClN3O4S. The van der Waals surface area contributed by atoms with E-state index in [1.807, 2.05) is 0 Å². The summed E-state index contributed by atoms with van der Waals surface area (Å²) in [4.78, 5) is 30.5. The van der Waals surface area contributed by atoms with Crippen molar-refractivity contribution < 1.29 is 19.1 Å². The molecule has 0 fully saturated rings. The third kappa shape index (κ3) is 8.93. The quantitative estimate of drug-likeness (QED) is 0.379. The van der Waals surface area contributed by atoms with Gasteiger partial charge in [-0.25, -0.2) is 4.98 Å². The van der Waals surface area contributed by atoms with Crippen LogP contribution in [-0.4, -0.2) is 68.1 Å². The molecule has 0 aliphatic rings. The second kappa shape index (κ2) is 13.9. The Kier molecular flexibility index (Phi) is 12.2. The molecular weight excluding hydrogens is 378 g/mol. The summed E-state index contributed by atoms with van der Waals surface area (Å²) in [5.74, 6) is 0.299. The molecule has 1 rings (SSSR count). The zero-order valence-corrected chi connectivity index (χ0v) is 17.0. The number of alkyl halides is 1. The molecule has 0 bridgehead atoms. The van der Waals surface area contributed by atoms with E-state index in [1.165, 1.54) is 11.3 Å². The average molecular weight is 406 g/mol. The highest BCUT2D eigenvalue weighted by Gasteiger charge is 2.17. The first-order chi connectivity index (χ1) is 12.6. The molecule has 148 valence electrons. The van der Waals surface area contributed by atoms with Crippen molar-refractivity contribution in [2.75, 3.05) is 46.4 Å². The van der Waals surface area contributed by atoms with E-state index >= 15 is 0 Å². The van der Waals surface area contributed by atoms with E-state index < -0.39 is 0 Å². The van der Waals surface area contributed by atoms with E-state index in [2.05, 4.69) is 10.3 Å². The largest absolute Gasteiger partial charge is 0.385 e. The summed E-state index contributed by atoms with van der Waals surface area (Å²) >= 11 is 7.07. The molecule has 0 atom stereocenters. The number of halogens is 1. The number of nitrogens with zero attached hydrogens (tertiary/aromatic N) is 2. The summed E-state index contributed by atoms with van der Waals surface area (Å²) in [7, 11) is 3.26. The number of carbonyl (C=O) groups is 2. The lowest BCUT2D eigenvalue weighted by atomic mass is 10.2. The fraction of sp³-hybridized carbons (Fsp3) is 0.706. The number of hydrogen-bond donors (Lipinski definition) is 1. The van der Waals surface area contributed by atoms with E-state index in [0.717, 1.165) is 17.8 Å². The fourth-order valence-corrected chi connectivity index (χ4v) is 3.15. The predicted molar refractivity (Wildman–Crippen MR) is 103 cm³/mol. The van der Waals surface area contributed by atoms with E-state index in [9.17, 15) is 9.59 Å². The van der Waals surface area contributed by atoms with Crippen LogP contribution in [0.2, 0.25) is 0 Å². The first-order valence-corrected chi connectivity index (χ1v) is 10.1. The van der Waals surface area contributed by atoms with Crippen LogP contribution in [0.1, 0.15) is 41.2 Å². The average Bonchev–Trinajstić information content (AvgIpc) is 3.11. The summed E-state index contributed by atoms with van der Waals surface area (Å²) in [5, 5.41) is 5.27. The van der Waals surface area contributed by atoms with E-state index in [1.54, 1.807) is 24.5 Å². The van der Waals surface area contributed by atoms with Crippen molar-refractivity contribution in [1.82, 2.24) is 15.2 Å². The van der Waals surface area contributed by atoms with Gasteiger partial charge in [0, 0.05) is 58.2 Å². The minimum Gasteiger partial charge on any atom is -0.385 e. The molecule has 26 heavy (non-hydrogen) atoms. The number of ether oxygens (including phenoxy) is 2. The minimum absolute atomic E-state index is 0.0440. The number of thiazole rings is 1. The normalized spacial score (nSPS) is 10.7. The summed E-state index contributed by atoms with van der Waals surface area (Å²) in [6, 6.07) is 0. The highest BCUT2D eigenvalue weighted by Crippen LogP contribution is 2.14. The number of rotatable bonds is 14. The van der Waals surface area contributed by atoms with Gasteiger partial charge in [0.15, 0.2) is 0 Å². The van der Waals surface area contributed by atoms with Gasteiger partial charge < -0.3 is 19.7 Å². The summed E-state index contributed by atoms with van der Waals surface area (Å²) < 4.78 is 10.0. The van der Waals surface area contributed by atoms with Gasteiger partial charge in [0.25, 0.3) is 5.91 Å². The van der Waals surface area contributed by atoms with Crippen LogP contribution in [0.15, 0.2) is 5.38 Å². The lowest BCUT2D eigenvalue weighted by Crippen LogP contribution is -2.32. The standard InChI is InChI=1S/C17H28ClN3O4S/c1-24-10-4-8-19-17(23)14-13-26-15(20-14)12-21(9-5-11-25-2)16(22)6-3-7-18/h13H,3-12H2,1-2H3,(H,19,23). The van der Waals surface area contributed by atoms with Gasteiger partial charge in [-0.3, -0.25) is 9.59 Å². The van der Waals surface area contributed by atoms with Gasteiger partial charge in [0.2, 0.25) is 5.91 Å². The second-order valence-electron chi connectivity index (χ2n) is 5.68. The maximum absolute atomic E-state index is 12.4. The van der Waals surface area contributed by atoms with Crippen LogP contribution in [-0.2, 0) is 20.8 Å². The molecule has 0 aliphatic heterocycles. The van der Waals surface area contributed by atoms with Crippen LogP contribution < -0.4 is 5.32 Å². The topological polar surface area (TPSA) is 80.8 Å². The van der Waals surface area contributed by atoms with Crippen molar-refractivity contribution in [2.45, 2.75) is 32.2 Å². The highest BCUT2D eigenvalue weighted by molar-refractivity contribution is 7.09. The van der Waals surface area contributed by atoms with Crippen LogP contribution in [0.25, 0.3) is 0 Å². The lowest BCUT2D eigenvalue weighted by Gasteiger charge is -2.21. The first-order valence-electron chi connectivity index (χ1n) is 8.66. The molecule has 2 amide bonds. The molecule has 0 radical (unpaired) electrons. The van der Waals surface area contributed by atoms with Crippen LogP contribution in [0.3, 0.4) is 0 Å². The Balaban J connectivity index is 2.59. The minimum atomic E-state index is -0.206. The number of hydrogen-bond acceptors (Lipinski definition) is 6. The van der Waals surface area contributed by atoms with Gasteiger partial charge in [-0.05, 0) is 19.3 Å². The van der Waals surface area contributed by atoms with Crippen LogP contribution in [0.4, 0.5) is 0 Å². The first kappa shape index (κ1) is 22.8. The zero-order chi connectivity index (χ0) is 19.2. The molecule has 1 aromatic heterocycles. The maximum atomic E-state index is 12.4. The summed E-state index contributed by atoms with van der Waals surface area (Å²) in [5.41, 5.74) is 0.382. The smallest absolute Gasteiger partial charge is 0.270 e. The third-order valence-corrected chi connectivity index (χ3v) is 4.68. The van der Waals surface area contributed by atoms with Gasteiger partial charge in [0.1, 0.15) is 10.7 Å². The maximum Gasteiger partial charge on any atom is 0.270 e. The molecule has 7 nitrogen and oxygen atoms in total. The molecule has 0 saturated carbocycles. The van der Waals surface area contributed by atoms with Crippen molar-refractivity contribution in [1.29, 1.82) is 0 Å². The SMILES string of the molecule is COCCCNC(=O)c1csc(CN(CCCOC)C(=O)CCCCl)n1. The van der Waals surface area contributed by atoms with Crippen LogP contribution in [0, 0.1) is 0 Å². The molecule has 9 heteroatoms.